The van der Waals surface area contributed by atoms with Crippen molar-refractivity contribution in [2.45, 2.75) is 39.0 Å². The molecule has 0 unspecified atom stereocenters. The van der Waals surface area contributed by atoms with Gasteiger partial charge in [-0.15, -0.1) is 0 Å². The number of hydrogen-bond acceptors (Lipinski definition) is 4. The van der Waals surface area contributed by atoms with Gasteiger partial charge in [-0.25, -0.2) is 4.79 Å². The maximum atomic E-state index is 11.8. The number of fused-ring (bicyclic) bond motifs is 3. The SMILES string of the molecule is CCc1[nH+]c2sc(C(=O)OC)c(N)c2c2c1CCCC2. The molecule has 0 fully saturated rings. The number of aromatic nitrogens is 1. The summed E-state index contributed by atoms with van der Waals surface area (Å²) < 4.78 is 4.82. The number of ether oxygens (including phenoxy) is 1. The van der Waals surface area contributed by atoms with E-state index in [-0.39, 0.29) is 5.97 Å². The Morgan fingerprint density at radius 3 is 2.70 bits per heavy atom. The molecule has 0 saturated heterocycles. The number of nitrogen functional groups attached to an aromatic ring is 1. The number of aryl methyl sites for hydroxylation is 2. The third-order valence-corrected chi connectivity index (χ3v) is 5.17. The fourth-order valence-corrected chi connectivity index (χ4v) is 4.20. The smallest absolute Gasteiger partial charge is 0.350 e. The Balaban J connectivity index is 2.32. The van der Waals surface area contributed by atoms with Gasteiger partial charge in [0, 0.05) is 12.0 Å². The van der Waals surface area contributed by atoms with Gasteiger partial charge in [0.05, 0.1) is 18.2 Å². The van der Waals surface area contributed by atoms with Crippen LogP contribution >= 0.6 is 11.3 Å². The molecule has 0 saturated carbocycles. The molecule has 5 heteroatoms. The number of pyridine rings is 1. The first-order valence-electron chi connectivity index (χ1n) is 7.03. The van der Waals surface area contributed by atoms with Gasteiger partial charge in [-0.05, 0) is 31.2 Å². The third-order valence-electron chi connectivity index (χ3n) is 4.07. The van der Waals surface area contributed by atoms with Crippen LogP contribution in [0.5, 0.6) is 0 Å². The van der Waals surface area contributed by atoms with E-state index in [1.54, 1.807) is 0 Å². The lowest BCUT2D eigenvalue weighted by Gasteiger charge is -2.16. The summed E-state index contributed by atoms with van der Waals surface area (Å²) in [7, 11) is 1.39. The molecular formula is C15H19N2O2S+. The van der Waals surface area contributed by atoms with Crippen molar-refractivity contribution in [3.8, 4) is 0 Å². The number of carbonyl (C=O) groups is 1. The molecule has 1 aliphatic carbocycles. The summed E-state index contributed by atoms with van der Waals surface area (Å²) >= 11 is 1.40. The van der Waals surface area contributed by atoms with Gasteiger partial charge in [-0.2, -0.15) is 4.98 Å². The van der Waals surface area contributed by atoms with Crippen molar-refractivity contribution in [2.24, 2.45) is 0 Å². The van der Waals surface area contributed by atoms with Crippen LogP contribution < -0.4 is 10.7 Å². The summed E-state index contributed by atoms with van der Waals surface area (Å²) in [6.45, 7) is 2.16. The molecule has 20 heavy (non-hydrogen) atoms. The number of aromatic amines is 1. The van der Waals surface area contributed by atoms with E-state index in [9.17, 15) is 4.79 Å². The summed E-state index contributed by atoms with van der Waals surface area (Å²) in [6.07, 6.45) is 5.55. The van der Waals surface area contributed by atoms with Crippen molar-refractivity contribution in [3.63, 3.8) is 0 Å². The Bertz CT molecular complexity index is 691. The van der Waals surface area contributed by atoms with Crippen LogP contribution in [-0.4, -0.2) is 13.1 Å². The van der Waals surface area contributed by atoms with E-state index < -0.39 is 0 Å². The standard InChI is InChI=1S/C15H18N2O2S/c1-3-10-8-6-4-5-7-9(8)11-12(16)13(15(18)19-2)20-14(11)17-10/h3-7,16H2,1-2H3/p+1. The summed E-state index contributed by atoms with van der Waals surface area (Å²) in [5, 5.41) is 1.04. The fraction of sp³-hybridized carbons (Fsp3) is 0.467. The van der Waals surface area contributed by atoms with Crippen molar-refractivity contribution in [1.29, 1.82) is 0 Å². The van der Waals surface area contributed by atoms with Crippen LogP contribution in [0.4, 0.5) is 5.69 Å². The first kappa shape index (κ1) is 13.4. The Morgan fingerprint density at radius 2 is 2.05 bits per heavy atom. The molecule has 2 aromatic rings. The minimum Gasteiger partial charge on any atom is -0.465 e. The number of esters is 1. The van der Waals surface area contributed by atoms with Crippen LogP contribution in [-0.2, 0) is 24.0 Å². The van der Waals surface area contributed by atoms with Crippen LogP contribution in [0.15, 0.2) is 0 Å². The zero-order valence-electron chi connectivity index (χ0n) is 11.8. The minimum atomic E-state index is -0.347. The van der Waals surface area contributed by atoms with Gasteiger partial charge >= 0.3 is 5.97 Å². The number of nitrogens with two attached hydrogens (primary N) is 1. The van der Waals surface area contributed by atoms with E-state index >= 15 is 0 Å². The fourth-order valence-electron chi connectivity index (χ4n) is 3.10. The lowest BCUT2D eigenvalue weighted by Crippen LogP contribution is -2.19. The predicted molar refractivity (Wildman–Crippen MR) is 80.2 cm³/mol. The average molecular weight is 291 g/mol. The number of rotatable bonds is 2. The molecule has 1 aliphatic rings. The number of methoxy groups -OCH3 is 1. The summed E-state index contributed by atoms with van der Waals surface area (Å²) in [5.74, 6) is -0.347. The van der Waals surface area contributed by atoms with Crippen LogP contribution in [0.1, 0.15) is 46.3 Å². The van der Waals surface area contributed by atoms with E-state index in [0.29, 0.717) is 10.6 Å². The number of hydrogen-bond donors (Lipinski definition) is 1. The second-order valence-electron chi connectivity index (χ2n) is 5.16. The molecule has 0 aromatic carbocycles. The summed E-state index contributed by atoms with van der Waals surface area (Å²) in [5.41, 5.74) is 10.8. The van der Waals surface area contributed by atoms with E-state index in [4.69, 9.17) is 10.5 Å². The number of anilines is 1. The number of thiophene rings is 1. The van der Waals surface area contributed by atoms with E-state index in [2.05, 4.69) is 11.9 Å². The monoisotopic (exact) mass is 291 g/mol. The lowest BCUT2D eigenvalue weighted by molar-refractivity contribution is -0.355. The molecule has 0 atom stereocenters. The zero-order valence-corrected chi connectivity index (χ0v) is 12.7. The highest BCUT2D eigenvalue weighted by atomic mass is 32.1. The van der Waals surface area contributed by atoms with Gasteiger partial charge in [-0.3, -0.25) is 0 Å². The first-order valence-corrected chi connectivity index (χ1v) is 7.85. The molecule has 3 rings (SSSR count). The normalized spacial score (nSPS) is 14.3. The molecule has 0 aliphatic heterocycles. The second kappa shape index (κ2) is 5.05. The minimum absolute atomic E-state index is 0.347. The van der Waals surface area contributed by atoms with Crippen LogP contribution in [0.2, 0.25) is 0 Å². The van der Waals surface area contributed by atoms with Gasteiger partial charge < -0.3 is 10.5 Å². The Morgan fingerprint density at radius 1 is 1.35 bits per heavy atom. The van der Waals surface area contributed by atoms with Crippen LogP contribution in [0.3, 0.4) is 0 Å². The highest BCUT2D eigenvalue weighted by molar-refractivity contribution is 7.20. The Hall–Kier alpha value is -1.62. The Kier molecular flexibility index (Phi) is 3.38. The topological polar surface area (TPSA) is 66.5 Å². The molecule has 0 radical (unpaired) electrons. The number of carbonyl (C=O) groups excluding carboxylic acids is 1. The number of H-pyrrole nitrogens is 1. The quantitative estimate of drug-likeness (QED) is 0.865. The molecular weight excluding hydrogens is 272 g/mol. The van der Waals surface area contributed by atoms with E-state index in [1.807, 2.05) is 0 Å². The van der Waals surface area contributed by atoms with Gasteiger partial charge in [0.1, 0.15) is 4.88 Å². The molecule has 0 spiro atoms. The van der Waals surface area contributed by atoms with Gasteiger partial charge in [-0.1, -0.05) is 18.3 Å². The van der Waals surface area contributed by atoms with E-state index in [1.165, 1.54) is 48.1 Å². The average Bonchev–Trinajstić information content (AvgIpc) is 2.82. The van der Waals surface area contributed by atoms with Gasteiger partial charge in [0.2, 0.25) is 0 Å². The molecule has 106 valence electrons. The molecule has 0 amide bonds. The molecule has 4 nitrogen and oxygen atoms in total. The Labute approximate surface area is 122 Å². The first-order chi connectivity index (χ1) is 9.67. The van der Waals surface area contributed by atoms with Crippen LogP contribution in [0, 0.1) is 0 Å². The molecule has 2 heterocycles. The lowest BCUT2D eigenvalue weighted by atomic mass is 9.88. The third kappa shape index (κ3) is 1.88. The summed E-state index contributed by atoms with van der Waals surface area (Å²) in [6, 6.07) is 0. The van der Waals surface area contributed by atoms with Crippen molar-refractivity contribution < 1.29 is 14.5 Å². The van der Waals surface area contributed by atoms with Crippen LogP contribution in [0.25, 0.3) is 10.2 Å². The maximum Gasteiger partial charge on any atom is 0.350 e. The zero-order chi connectivity index (χ0) is 14.3. The summed E-state index contributed by atoms with van der Waals surface area (Å²) in [4.78, 5) is 16.8. The highest BCUT2D eigenvalue weighted by Gasteiger charge is 2.28. The van der Waals surface area contributed by atoms with Crippen molar-refractivity contribution in [3.05, 3.63) is 21.7 Å². The number of nitrogens with one attached hydrogen (secondary N) is 1. The van der Waals surface area contributed by atoms with Crippen molar-refractivity contribution in [2.75, 3.05) is 12.8 Å². The largest absolute Gasteiger partial charge is 0.465 e. The van der Waals surface area contributed by atoms with E-state index in [0.717, 1.165) is 29.5 Å². The van der Waals surface area contributed by atoms with Crippen molar-refractivity contribution in [1.82, 2.24) is 0 Å². The highest BCUT2D eigenvalue weighted by Crippen LogP contribution is 2.38. The predicted octanol–water partition coefficient (Wildman–Crippen LogP) is 2.53. The van der Waals surface area contributed by atoms with Gasteiger partial charge in [0.15, 0.2) is 5.69 Å². The maximum absolute atomic E-state index is 11.8. The molecule has 0 bridgehead atoms. The van der Waals surface area contributed by atoms with Gasteiger partial charge in [0.25, 0.3) is 4.83 Å². The molecule has 2 aromatic heterocycles. The molecule has 3 N–H and O–H groups in total. The van der Waals surface area contributed by atoms with Crippen molar-refractivity contribution >= 4 is 33.2 Å². The second-order valence-corrected chi connectivity index (χ2v) is 6.18.